The van der Waals surface area contributed by atoms with Crippen molar-refractivity contribution in [3.05, 3.63) is 59.7 Å². The quantitative estimate of drug-likeness (QED) is 0.934. The van der Waals surface area contributed by atoms with Gasteiger partial charge in [0.05, 0.1) is 11.1 Å². The average Bonchev–Trinajstić information content (AvgIpc) is 2.67. The smallest absolute Gasteiger partial charge is 0.255 e. The zero-order valence-electron chi connectivity index (χ0n) is 13.4. The van der Waals surface area contributed by atoms with Crippen LogP contribution in [0.3, 0.4) is 0 Å². The number of pyridine rings is 2. The van der Waals surface area contributed by atoms with Gasteiger partial charge in [0.1, 0.15) is 0 Å². The first-order chi connectivity index (χ1) is 11.7. The number of carbonyl (C=O) groups is 2. The lowest BCUT2D eigenvalue weighted by Gasteiger charge is -2.26. The van der Waals surface area contributed by atoms with E-state index in [1.165, 1.54) is 18.8 Å². The molecule has 1 aliphatic heterocycles. The molecule has 0 unspecified atom stereocenters. The monoisotopic (exact) mass is 324 g/mol. The number of hydrogen-bond acceptors (Lipinski definition) is 4. The Labute approximate surface area is 140 Å². The molecule has 2 amide bonds. The molecule has 0 radical (unpaired) electrons. The summed E-state index contributed by atoms with van der Waals surface area (Å²) in [5.41, 5.74) is 1.83. The summed E-state index contributed by atoms with van der Waals surface area (Å²) in [5, 5.41) is 2.83. The van der Waals surface area contributed by atoms with Crippen molar-refractivity contribution in [3.8, 4) is 0 Å². The van der Waals surface area contributed by atoms with Crippen LogP contribution in [0.2, 0.25) is 0 Å². The zero-order chi connectivity index (χ0) is 16.8. The van der Waals surface area contributed by atoms with Crippen LogP contribution in [0.1, 0.15) is 45.5 Å². The Hall–Kier alpha value is -2.76. The minimum atomic E-state index is -0.243. The standard InChI is InChI=1S/C18H20N4O2/c23-17(21-11-14-4-6-19-7-5-14)15-10-16(13-20-12-15)18(24)22-8-2-1-3-9-22/h4-7,10,12-13H,1-3,8-9,11H2,(H,21,23). The lowest BCUT2D eigenvalue weighted by molar-refractivity contribution is 0.0724. The van der Waals surface area contributed by atoms with Crippen LogP contribution in [0.25, 0.3) is 0 Å². The van der Waals surface area contributed by atoms with Gasteiger partial charge in [0.15, 0.2) is 0 Å². The summed E-state index contributed by atoms with van der Waals surface area (Å²) in [6.45, 7) is 1.96. The predicted octanol–water partition coefficient (Wildman–Crippen LogP) is 2.03. The minimum Gasteiger partial charge on any atom is -0.348 e. The van der Waals surface area contributed by atoms with Gasteiger partial charge in [-0.15, -0.1) is 0 Å². The maximum atomic E-state index is 12.5. The third kappa shape index (κ3) is 3.95. The molecule has 2 aromatic heterocycles. The largest absolute Gasteiger partial charge is 0.348 e. The van der Waals surface area contributed by atoms with Crippen molar-refractivity contribution < 1.29 is 9.59 Å². The van der Waals surface area contributed by atoms with Gasteiger partial charge in [0, 0.05) is 44.4 Å². The SMILES string of the molecule is O=C(NCc1ccncc1)c1cncc(C(=O)N2CCCCC2)c1. The van der Waals surface area contributed by atoms with Crippen LogP contribution in [0.5, 0.6) is 0 Å². The van der Waals surface area contributed by atoms with Gasteiger partial charge in [-0.1, -0.05) is 0 Å². The van der Waals surface area contributed by atoms with E-state index in [1.807, 2.05) is 17.0 Å². The molecule has 3 heterocycles. The van der Waals surface area contributed by atoms with Crippen LogP contribution in [0.4, 0.5) is 0 Å². The molecule has 124 valence electrons. The van der Waals surface area contributed by atoms with Gasteiger partial charge >= 0.3 is 0 Å². The molecule has 1 N–H and O–H groups in total. The molecule has 2 aromatic rings. The number of rotatable bonds is 4. The van der Waals surface area contributed by atoms with E-state index in [0.29, 0.717) is 17.7 Å². The second-order valence-electron chi connectivity index (χ2n) is 5.85. The number of amides is 2. The van der Waals surface area contributed by atoms with Gasteiger partial charge in [-0.2, -0.15) is 0 Å². The van der Waals surface area contributed by atoms with Crippen molar-refractivity contribution >= 4 is 11.8 Å². The summed E-state index contributed by atoms with van der Waals surface area (Å²) in [6.07, 6.45) is 9.60. The van der Waals surface area contributed by atoms with Gasteiger partial charge in [-0.25, -0.2) is 0 Å². The van der Waals surface area contributed by atoms with Crippen molar-refractivity contribution in [1.29, 1.82) is 0 Å². The van der Waals surface area contributed by atoms with E-state index >= 15 is 0 Å². The van der Waals surface area contributed by atoms with Crippen LogP contribution in [-0.4, -0.2) is 39.8 Å². The Kier molecular flexibility index (Phi) is 5.15. The first kappa shape index (κ1) is 16.1. The molecule has 3 rings (SSSR count). The normalized spacial score (nSPS) is 14.2. The van der Waals surface area contributed by atoms with Crippen molar-refractivity contribution in [3.63, 3.8) is 0 Å². The molecular formula is C18H20N4O2. The summed E-state index contributed by atoms with van der Waals surface area (Å²) >= 11 is 0. The molecule has 1 aliphatic rings. The number of aromatic nitrogens is 2. The van der Waals surface area contributed by atoms with E-state index in [2.05, 4.69) is 15.3 Å². The number of hydrogen-bond donors (Lipinski definition) is 1. The first-order valence-corrected chi connectivity index (χ1v) is 8.15. The number of carbonyl (C=O) groups excluding carboxylic acids is 2. The Bertz CT molecular complexity index is 712. The van der Waals surface area contributed by atoms with Crippen LogP contribution < -0.4 is 5.32 Å². The summed E-state index contributed by atoms with van der Waals surface area (Å²) in [7, 11) is 0. The summed E-state index contributed by atoms with van der Waals surface area (Å²) in [6, 6.07) is 5.30. The van der Waals surface area contributed by atoms with Gasteiger partial charge in [-0.05, 0) is 43.0 Å². The number of likely N-dealkylation sites (tertiary alicyclic amines) is 1. The first-order valence-electron chi connectivity index (χ1n) is 8.15. The maximum Gasteiger partial charge on any atom is 0.255 e. The van der Waals surface area contributed by atoms with E-state index in [9.17, 15) is 9.59 Å². The van der Waals surface area contributed by atoms with Gasteiger partial charge in [0.2, 0.25) is 0 Å². The lowest BCUT2D eigenvalue weighted by atomic mass is 10.1. The molecule has 1 saturated heterocycles. The molecule has 0 bridgehead atoms. The van der Waals surface area contributed by atoms with Crippen LogP contribution >= 0.6 is 0 Å². The lowest BCUT2D eigenvalue weighted by Crippen LogP contribution is -2.35. The third-order valence-corrected chi connectivity index (χ3v) is 4.09. The molecule has 1 fully saturated rings. The molecule has 0 aliphatic carbocycles. The second-order valence-corrected chi connectivity index (χ2v) is 5.85. The van der Waals surface area contributed by atoms with E-state index in [1.54, 1.807) is 18.5 Å². The highest BCUT2D eigenvalue weighted by atomic mass is 16.2. The number of piperidine rings is 1. The molecule has 0 atom stereocenters. The molecule has 24 heavy (non-hydrogen) atoms. The van der Waals surface area contributed by atoms with Gasteiger partial charge in [0.25, 0.3) is 11.8 Å². The van der Waals surface area contributed by atoms with Gasteiger partial charge in [-0.3, -0.25) is 19.6 Å². The summed E-state index contributed by atoms with van der Waals surface area (Å²) in [4.78, 5) is 34.6. The third-order valence-electron chi connectivity index (χ3n) is 4.09. The van der Waals surface area contributed by atoms with Crippen molar-refractivity contribution in [1.82, 2.24) is 20.2 Å². The van der Waals surface area contributed by atoms with E-state index in [-0.39, 0.29) is 11.8 Å². The van der Waals surface area contributed by atoms with E-state index < -0.39 is 0 Å². The molecule has 6 heteroatoms. The topological polar surface area (TPSA) is 75.2 Å². The Morgan fingerprint density at radius 3 is 2.46 bits per heavy atom. The van der Waals surface area contributed by atoms with E-state index in [0.717, 1.165) is 31.5 Å². The fourth-order valence-corrected chi connectivity index (χ4v) is 2.75. The highest BCUT2D eigenvalue weighted by molar-refractivity contribution is 5.99. The minimum absolute atomic E-state index is 0.0500. The van der Waals surface area contributed by atoms with Gasteiger partial charge < -0.3 is 10.2 Å². The summed E-state index contributed by atoms with van der Waals surface area (Å²) < 4.78 is 0. The molecule has 0 spiro atoms. The summed E-state index contributed by atoms with van der Waals surface area (Å²) in [5.74, 6) is -0.293. The zero-order valence-corrected chi connectivity index (χ0v) is 13.4. The highest BCUT2D eigenvalue weighted by Gasteiger charge is 2.19. The van der Waals surface area contributed by atoms with E-state index in [4.69, 9.17) is 0 Å². The second kappa shape index (κ2) is 7.68. The van der Waals surface area contributed by atoms with Crippen molar-refractivity contribution in [2.45, 2.75) is 25.8 Å². The Balaban J connectivity index is 1.65. The van der Waals surface area contributed by atoms with Crippen LogP contribution in [-0.2, 0) is 6.54 Å². The molecular weight excluding hydrogens is 304 g/mol. The fourth-order valence-electron chi connectivity index (χ4n) is 2.75. The molecule has 0 aromatic carbocycles. The van der Waals surface area contributed by atoms with Crippen molar-refractivity contribution in [2.24, 2.45) is 0 Å². The number of nitrogens with zero attached hydrogens (tertiary/aromatic N) is 3. The van der Waals surface area contributed by atoms with Crippen LogP contribution in [0.15, 0.2) is 43.0 Å². The number of nitrogens with one attached hydrogen (secondary N) is 1. The van der Waals surface area contributed by atoms with Crippen molar-refractivity contribution in [2.75, 3.05) is 13.1 Å². The highest BCUT2D eigenvalue weighted by Crippen LogP contribution is 2.13. The average molecular weight is 324 g/mol. The van der Waals surface area contributed by atoms with Crippen LogP contribution in [0, 0.1) is 0 Å². The fraction of sp³-hybridized carbons (Fsp3) is 0.333. The molecule has 0 saturated carbocycles. The Morgan fingerprint density at radius 2 is 1.71 bits per heavy atom. The maximum absolute atomic E-state index is 12.5. The predicted molar refractivity (Wildman–Crippen MR) is 89.4 cm³/mol. The molecule has 6 nitrogen and oxygen atoms in total. The Morgan fingerprint density at radius 1 is 1.00 bits per heavy atom.